The number of imidazole rings is 1. The number of nitrogens with zero attached hydrogens (tertiary/aromatic N) is 2. The molecule has 0 amide bonds. The van der Waals surface area contributed by atoms with Gasteiger partial charge in [-0.15, -0.1) is 0 Å². The number of rotatable bonds is 4. The first-order chi connectivity index (χ1) is 9.78. The van der Waals surface area contributed by atoms with E-state index in [1.807, 2.05) is 13.1 Å². The quantitative estimate of drug-likeness (QED) is 0.786. The summed E-state index contributed by atoms with van der Waals surface area (Å²) in [5, 5.41) is 3.19. The Bertz CT molecular complexity index is 714. The average Bonchev–Trinajstić information content (AvgIpc) is 2.77. The molecule has 0 radical (unpaired) electrons. The monoisotopic (exact) mass is 265 g/mol. The van der Waals surface area contributed by atoms with Crippen LogP contribution in [0.2, 0.25) is 0 Å². The Kier molecular flexibility index (Phi) is 3.52. The van der Waals surface area contributed by atoms with Crippen LogP contribution in [0.3, 0.4) is 0 Å². The summed E-state index contributed by atoms with van der Waals surface area (Å²) in [6.07, 6.45) is 0.868. The molecule has 102 valence electrons. The number of hydrogen-bond acceptors (Lipinski definition) is 2. The predicted octanol–water partition coefficient (Wildman–Crippen LogP) is 2.88. The molecule has 0 aliphatic rings. The van der Waals surface area contributed by atoms with Crippen LogP contribution < -0.4 is 5.32 Å². The normalized spacial score (nSPS) is 11.1. The number of nitrogens with one attached hydrogen (secondary N) is 1. The van der Waals surface area contributed by atoms with Gasteiger partial charge in [0.15, 0.2) is 0 Å². The molecule has 0 aliphatic heterocycles. The van der Waals surface area contributed by atoms with Crippen molar-refractivity contribution in [1.29, 1.82) is 0 Å². The first kappa shape index (κ1) is 12.9. The van der Waals surface area contributed by atoms with Gasteiger partial charge < -0.3 is 9.88 Å². The van der Waals surface area contributed by atoms with Crippen molar-refractivity contribution >= 4 is 11.0 Å². The molecule has 0 saturated heterocycles. The van der Waals surface area contributed by atoms with E-state index in [1.54, 1.807) is 0 Å². The molecule has 0 atom stereocenters. The highest BCUT2D eigenvalue weighted by molar-refractivity contribution is 5.77. The fraction of sp³-hybridized carbons (Fsp3) is 0.235. The molecule has 3 nitrogen and oxygen atoms in total. The molecule has 3 aromatic rings. The van der Waals surface area contributed by atoms with Gasteiger partial charge in [0.2, 0.25) is 0 Å². The fourth-order valence-electron chi connectivity index (χ4n) is 2.54. The summed E-state index contributed by atoms with van der Waals surface area (Å²) in [5.41, 5.74) is 4.84. The Balaban J connectivity index is 1.98. The molecular weight excluding hydrogens is 246 g/mol. The van der Waals surface area contributed by atoms with E-state index in [0.29, 0.717) is 0 Å². The van der Waals surface area contributed by atoms with Crippen molar-refractivity contribution in [3.8, 4) is 0 Å². The molecule has 0 aliphatic carbocycles. The van der Waals surface area contributed by atoms with Gasteiger partial charge in [-0.1, -0.05) is 36.4 Å². The molecule has 0 fully saturated rings. The highest BCUT2D eigenvalue weighted by Crippen LogP contribution is 2.19. The molecule has 0 saturated carbocycles. The molecule has 2 aromatic carbocycles. The fourth-order valence-corrected chi connectivity index (χ4v) is 2.54. The lowest BCUT2D eigenvalue weighted by Crippen LogP contribution is -2.05. The van der Waals surface area contributed by atoms with E-state index in [9.17, 15) is 0 Å². The van der Waals surface area contributed by atoms with Crippen LogP contribution in [0, 0.1) is 0 Å². The maximum Gasteiger partial charge on any atom is 0.114 e. The van der Waals surface area contributed by atoms with E-state index in [2.05, 4.69) is 59.4 Å². The number of benzene rings is 2. The maximum absolute atomic E-state index is 4.75. The lowest BCUT2D eigenvalue weighted by atomic mass is 10.1. The summed E-state index contributed by atoms with van der Waals surface area (Å²) in [5.74, 6) is 1.10. The summed E-state index contributed by atoms with van der Waals surface area (Å²) in [7, 11) is 4.06. The zero-order chi connectivity index (χ0) is 13.9. The van der Waals surface area contributed by atoms with E-state index < -0.39 is 0 Å². The van der Waals surface area contributed by atoms with Crippen molar-refractivity contribution in [2.24, 2.45) is 7.05 Å². The number of aromatic nitrogens is 2. The SMILES string of the molecule is CNCc1ccc2nc(Cc3ccccc3)n(C)c2c1. The molecule has 3 rings (SSSR count). The summed E-state index contributed by atoms with van der Waals surface area (Å²) < 4.78 is 2.20. The van der Waals surface area contributed by atoms with Crippen molar-refractivity contribution in [3.63, 3.8) is 0 Å². The minimum atomic E-state index is 0.868. The molecular formula is C17H19N3. The molecule has 0 unspecified atom stereocenters. The number of hydrogen-bond donors (Lipinski definition) is 1. The zero-order valence-electron chi connectivity index (χ0n) is 11.9. The van der Waals surface area contributed by atoms with Crippen molar-refractivity contribution in [3.05, 3.63) is 65.5 Å². The van der Waals surface area contributed by atoms with Crippen molar-refractivity contribution in [2.75, 3.05) is 7.05 Å². The maximum atomic E-state index is 4.75. The van der Waals surface area contributed by atoms with Gasteiger partial charge in [-0.25, -0.2) is 4.98 Å². The highest BCUT2D eigenvalue weighted by atomic mass is 15.1. The minimum Gasteiger partial charge on any atom is -0.331 e. The Labute approximate surface area is 119 Å². The molecule has 20 heavy (non-hydrogen) atoms. The minimum absolute atomic E-state index is 0.868. The van der Waals surface area contributed by atoms with Gasteiger partial charge >= 0.3 is 0 Å². The third-order valence-electron chi connectivity index (χ3n) is 3.62. The highest BCUT2D eigenvalue weighted by Gasteiger charge is 2.08. The molecule has 0 spiro atoms. The predicted molar refractivity (Wildman–Crippen MR) is 82.7 cm³/mol. The second kappa shape index (κ2) is 5.47. The zero-order valence-corrected chi connectivity index (χ0v) is 11.9. The van der Waals surface area contributed by atoms with E-state index in [-0.39, 0.29) is 0 Å². The first-order valence-corrected chi connectivity index (χ1v) is 6.90. The summed E-state index contributed by atoms with van der Waals surface area (Å²) in [4.78, 5) is 4.75. The van der Waals surface area contributed by atoms with Gasteiger partial charge in [0.05, 0.1) is 11.0 Å². The topological polar surface area (TPSA) is 29.9 Å². The Morgan fingerprint density at radius 1 is 1.05 bits per heavy atom. The summed E-state index contributed by atoms with van der Waals surface area (Å²) >= 11 is 0. The Morgan fingerprint density at radius 2 is 1.85 bits per heavy atom. The van der Waals surface area contributed by atoms with Crippen molar-refractivity contribution < 1.29 is 0 Å². The third kappa shape index (κ3) is 2.45. The van der Waals surface area contributed by atoms with Crippen LogP contribution in [-0.4, -0.2) is 16.6 Å². The molecule has 1 aromatic heterocycles. The second-order valence-corrected chi connectivity index (χ2v) is 5.10. The van der Waals surface area contributed by atoms with Crippen LogP contribution in [-0.2, 0) is 20.0 Å². The Hall–Kier alpha value is -2.13. The molecule has 0 bridgehead atoms. The summed E-state index contributed by atoms with van der Waals surface area (Å²) in [6.45, 7) is 0.884. The van der Waals surface area contributed by atoms with Crippen LogP contribution >= 0.6 is 0 Å². The molecule has 3 heteroatoms. The van der Waals surface area contributed by atoms with Crippen LogP contribution in [0.15, 0.2) is 48.5 Å². The number of fused-ring (bicyclic) bond motifs is 1. The standard InChI is InChI=1S/C17H19N3/c1-18-12-14-8-9-15-16(10-14)20(2)17(19-15)11-13-6-4-3-5-7-13/h3-10,18H,11-12H2,1-2H3. The lowest BCUT2D eigenvalue weighted by Gasteiger charge is -2.04. The van der Waals surface area contributed by atoms with Crippen LogP contribution in [0.1, 0.15) is 17.0 Å². The third-order valence-corrected chi connectivity index (χ3v) is 3.62. The van der Waals surface area contributed by atoms with Gasteiger partial charge in [-0.3, -0.25) is 0 Å². The van der Waals surface area contributed by atoms with Gasteiger partial charge in [0, 0.05) is 20.0 Å². The van der Waals surface area contributed by atoms with Crippen LogP contribution in [0.5, 0.6) is 0 Å². The van der Waals surface area contributed by atoms with Gasteiger partial charge in [-0.2, -0.15) is 0 Å². The van der Waals surface area contributed by atoms with Crippen molar-refractivity contribution in [1.82, 2.24) is 14.9 Å². The van der Waals surface area contributed by atoms with Crippen LogP contribution in [0.4, 0.5) is 0 Å². The second-order valence-electron chi connectivity index (χ2n) is 5.10. The largest absolute Gasteiger partial charge is 0.331 e. The lowest BCUT2D eigenvalue weighted by molar-refractivity contribution is 0.815. The van der Waals surface area contributed by atoms with Gasteiger partial charge in [0.25, 0.3) is 0 Å². The van der Waals surface area contributed by atoms with E-state index in [0.717, 1.165) is 24.3 Å². The van der Waals surface area contributed by atoms with Crippen molar-refractivity contribution in [2.45, 2.75) is 13.0 Å². The van der Waals surface area contributed by atoms with Crippen LogP contribution in [0.25, 0.3) is 11.0 Å². The average molecular weight is 265 g/mol. The van der Waals surface area contributed by atoms with Gasteiger partial charge in [-0.05, 0) is 30.3 Å². The number of aryl methyl sites for hydroxylation is 1. The van der Waals surface area contributed by atoms with E-state index >= 15 is 0 Å². The first-order valence-electron chi connectivity index (χ1n) is 6.90. The van der Waals surface area contributed by atoms with Gasteiger partial charge in [0.1, 0.15) is 5.82 Å². The van der Waals surface area contributed by atoms with E-state index in [1.165, 1.54) is 16.6 Å². The van der Waals surface area contributed by atoms with E-state index in [4.69, 9.17) is 4.98 Å². The Morgan fingerprint density at radius 3 is 2.60 bits per heavy atom. The summed E-state index contributed by atoms with van der Waals surface area (Å²) in [6, 6.07) is 16.9. The smallest absolute Gasteiger partial charge is 0.114 e. The molecule has 1 heterocycles. The molecule has 1 N–H and O–H groups in total.